The summed E-state index contributed by atoms with van der Waals surface area (Å²) < 4.78 is 21.3. The summed E-state index contributed by atoms with van der Waals surface area (Å²) in [4.78, 5) is 3.05. The summed E-state index contributed by atoms with van der Waals surface area (Å²) >= 11 is 11.2. The Bertz CT molecular complexity index is 876. The molecule has 0 fully saturated rings. The number of halogens is 2. The highest BCUT2D eigenvalue weighted by Gasteiger charge is 2.21. The molecular formula is C14H13ClFN3OS. The van der Waals surface area contributed by atoms with Crippen LogP contribution in [0.25, 0.3) is 11.0 Å². The molecule has 3 aromatic rings. The zero-order valence-corrected chi connectivity index (χ0v) is 13.3. The van der Waals surface area contributed by atoms with Gasteiger partial charge < -0.3 is 14.1 Å². The Morgan fingerprint density at radius 1 is 1.43 bits per heavy atom. The lowest BCUT2D eigenvalue weighted by Crippen LogP contribution is -2.08. The Labute approximate surface area is 130 Å². The first-order valence-electron chi connectivity index (χ1n) is 6.42. The SMILES string of the molecule is Cc1noc(C)c1C(C)n1c(=S)[nH]c2cc(Cl)c(F)cc21. The molecule has 0 saturated carbocycles. The van der Waals surface area contributed by atoms with Crippen molar-refractivity contribution in [3.8, 4) is 0 Å². The number of rotatable bonds is 2. The highest BCUT2D eigenvalue weighted by atomic mass is 35.5. The maximum atomic E-state index is 13.8. The van der Waals surface area contributed by atoms with Crippen molar-refractivity contribution in [2.24, 2.45) is 0 Å². The Morgan fingerprint density at radius 2 is 2.14 bits per heavy atom. The highest BCUT2D eigenvalue weighted by molar-refractivity contribution is 7.71. The van der Waals surface area contributed by atoms with Crippen LogP contribution in [-0.2, 0) is 0 Å². The minimum atomic E-state index is -0.474. The molecule has 0 spiro atoms. The molecule has 1 N–H and O–H groups in total. The smallest absolute Gasteiger partial charge is 0.178 e. The number of aryl methyl sites for hydroxylation is 2. The van der Waals surface area contributed by atoms with E-state index < -0.39 is 5.82 Å². The number of imidazole rings is 1. The van der Waals surface area contributed by atoms with Crippen LogP contribution >= 0.6 is 23.8 Å². The van der Waals surface area contributed by atoms with Gasteiger partial charge in [-0.2, -0.15) is 0 Å². The first kappa shape index (κ1) is 14.3. The highest BCUT2D eigenvalue weighted by Crippen LogP contribution is 2.30. The van der Waals surface area contributed by atoms with Crippen LogP contribution in [0.5, 0.6) is 0 Å². The van der Waals surface area contributed by atoms with Crippen LogP contribution in [-0.4, -0.2) is 14.7 Å². The molecule has 0 aliphatic heterocycles. The Balaban J connectivity index is 2.27. The summed E-state index contributed by atoms with van der Waals surface area (Å²) in [6.45, 7) is 5.70. The Kier molecular flexibility index (Phi) is 3.37. The largest absolute Gasteiger partial charge is 0.361 e. The normalized spacial score (nSPS) is 13.0. The quantitative estimate of drug-likeness (QED) is 0.694. The number of nitrogens with zero attached hydrogens (tertiary/aromatic N) is 2. The van der Waals surface area contributed by atoms with Crippen LogP contribution in [0.15, 0.2) is 16.7 Å². The number of H-pyrrole nitrogens is 1. The van der Waals surface area contributed by atoms with Crippen molar-refractivity contribution in [1.29, 1.82) is 0 Å². The van der Waals surface area contributed by atoms with E-state index in [-0.39, 0.29) is 11.1 Å². The van der Waals surface area contributed by atoms with Gasteiger partial charge in [-0.15, -0.1) is 0 Å². The topological polar surface area (TPSA) is 46.8 Å². The average Bonchev–Trinajstić information content (AvgIpc) is 2.89. The maximum Gasteiger partial charge on any atom is 0.178 e. The summed E-state index contributed by atoms with van der Waals surface area (Å²) in [7, 11) is 0. The van der Waals surface area contributed by atoms with Crippen LogP contribution in [0.2, 0.25) is 5.02 Å². The lowest BCUT2D eigenvalue weighted by atomic mass is 10.1. The molecule has 1 aromatic carbocycles. The van der Waals surface area contributed by atoms with Gasteiger partial charge in [0.25, 0.3) is 0 Å². The van der Waals surface area contributed by atoms with Crippen molar-refractivity contribution in [2.75, 3.05) is 0 Å². The molecule has 110 valence electrons. The predicted octanol–water partition coefficient (Wildman–Crippen LogP) is 4.71. The van der Waals surface area contributed by atoms with E-state index in [4.69, 9.17) is 28.3 Å². The first-order valence-corrected chi connectivity index (χ1v) is 7.20. The van der Waals surface area contributed by atoms with Crippen LogP contribution in [0, 0.1) is 24.4 Å². The van der Waals surface area contributed by atoms with Crippen LogP contribution in [0.4, 0.5) is 4.39 Å². The van der Waals surface area contributed by atoms with E-state index in [1.165, 1.54) is 6.07 Å². The first-order chi connectivity index (χ1) is 9.90. The van der Waals surface area contributed by atoms with Gasteiger partial charge in [-0.25, -0.2) is 4.39 Å². The van der Waals surface area contributed by atoms with E-state index in [2.05, 4.69) is 10.1 Å². The number of benzene rings is 1. The zero-order chi connectivity index (χ0) is 15.3. The van der Waals surface area contributed by atoms with Crippen molar-refractivity contribution in [3.05, 3.63) is 44.8 Å². The van der Waals surface area contributed by atoms with E-state index in [0.29, 0.717) is 15.8 Å². The minimum absolute atomic E-state index is 0.0656. The van der Waals surface area contributed by atoms with Gasteiger partial charge in [0.1, 0.15) is 11.6 Å². The molecule has 0 aliphatic carbocycles. The third-order valence-corrected chi connectivity index (χ3v) is 4.24. The molecule has 1 unspecified atom stereocenters. The van der Waals surface area contributed by atoms with Gasteiger partial charge >= 0.3 is 0 Å². The van der Waals surface area contributed by atoms with E-state index in [1.54, 1.807) is 6.07 Å². The molecule has 2 heterocycles. The van der Waals surface area contributed by atoms with Gasteiger partial charge in [-0.05, 0) is 39.1 Å². The van der Waals surface area contributed by atoms with Gasteiger partial charge in [0.2, 0.25) is 0 Å². The minimum Gasteiger partial charge on any atom is -0.361 e. The monoisotopic (exact) mass is 325 g/mol. The molecule has 1 atom stereocenters. The summed E-state index contributed by atoms with van der Waals surface area (Å²) in [6, 6.07) is 2.80. The number of hydrogen-bond acceptors (Lipinski definition) is 3. The van der Waals surface area contributed by atoms with Gasteiger partial charge in [0.05, 0.1) is 27.8 Å². The number of nitrogens with one attached hydrogen (secondary N) is 1. The molecule has 21 heavy (non-hydrogen) atoms. The fourth-order valence-electron chi connectivity index (χ4n) is 2.72. The van der Waals surface area contributed by atoms with Crippen LogP contribution < -0.4 is 0 Å². The Morgan fingerprint density at radius 3 is 2.76 bits per heavy atom. The molecule has 0 bridgehead atoms. The standard InChI is InChI=1S/C14H13ClFN3OS/c1-6-13(8(3)20-18-6)7(2)19-12-5-10(16)9(15)4-11(12)17-14(19)21/h4-5,7H,1-3H3,(H,17,21). The zero-order valence-electron chi connectivity index (χ0n) is 11.7. The number of aromatic nitrogens is 3. The van der Waals surface area contributed by atoms with Crippen molar-refractivity contribution >= 4 is 34.9 Å². The van der Waals surface area contributed by atoms with Crippen molar-refractivity contribution in [3.63, 3.8) is 0 Å². The Hall–Kier alpha value is -1.66. The van der Waals surface area contributed by atoms with E-state index in [0.717, 1.165) is 17.0 Å². The van der Waals surface area contributed by atoms with Crippen molar-refractivity contribution in [2.45, 2.75) is 26.8 Å². The second kappa shape index (κ2) is 4.96. The van der Waals surface area contributed by atoms with E-state index >= 15 is 0 Å². The van der Waals surface area contributed by atoms with Gasteiger partial charge in [-0.3, -0.25) is 0 Å². The number of aromatic amines is 1. The third kappa shape index (κ3) is 2.18. The van der Waals surface area contributed by atoms with Crippen molar-refractivity contribution in [1.82, 2.24) is 14.7 Å². The predicted molar refractivity (Wildman–Crippen MR) is 81.9 cm³/mol. The molecule has 0 saturated heterocycles. The number of hydrogen-bond donors (Lipinski definition) is 1. The maximum absolute atomic E-state index is 13.8. The van der Waals surface area contributed by atoms with Crippen molar-refractivity contribution < 1.29 is 8.91 Å². The van der Waals surface area contributed by atoms with E-state index in [9.17, 15) is 4.39 Å². The molecular weight excluding hydrogens is 313 g/mol. The average molecular weight is 326 g/mol. The summed E-state index contributed by atoms with van der Waals surface area (Å²) in [5.41, 5.74) is 3.10. The molecule has 7 heteroatoms. The fraction of sp³-hybridized carbons (Fsp3) is 0.286. The lowest BCUT2D eigenvalue weighted by molar-refractivity contribution is 0.391. The van der Waals surface area contributed by atoms with Crippen LogP contribution in [0.1, 0.15) is 30.0 Å². The van der Waals surface area contributed by atoms with Gasteiger partial charge in [-0.1, -0.05) is 16.8 Å². The van der Waals surface area contributed by atoms with Crippen LogP contribution in [0.3, 0.4) is 0 Å². The number of fused-ring (bicyclic) bond motifs is 1. The molecule has 0 radical (unpaired) electrons. The molecule has 0 amide bonds. The molecule has 4 nitrogen and oxygen atoms in total. The third-order valence-electron chi connectivity index (χ3n) is 3.65. The molecule has 2 aromatic heterocycles. The van der Waals surface area contributed by atoms with Gasteiger partial charge in [0.15, 0.2) is 4.77 Å². The molecule has 3 rings (SSSR count). The second-order valence-corrected chi connectivity index (χ2v) is 5.79. The summed E-state index contributed by atoms with van der Waals surface area (Å²) in [5, 5.41) is 4.03. The van der Waals surface area contributed by atoms with Gasteiger partial charge in [0, 0.05) is 11.6 Å². The lowest BCUT2D eigenvalue weighted by Gasteiger charge is -2.14. The second-order valence-electron chi connectivity index (χ2n) is 5.00. The molecule has 0 aliphatic rings. The summed E-state index contributed by atoms with van der Waals surface area (Å²) in [5.74, 6) is 0.253. The summed E-state index contributed by atoms with van der Waals surface area (Å²) in [6.07, 6.45) is 0. The fourth-order valence-corrected chi connectivity index (χ4v) is 3.25. The van der Waals surface area contributed by atoms with E-state index in [1.807, 2.05) is 25.3 Å².